The van der Waals surface area contributed by atoms with E-state index in [-0.39, 0.29) is 5.28 Å². The monoisotopic (exact) mass is 708 g/mol. The van der Waals surface area contributed by atoms with Gasteiger partial charge in [0.05, 0.1) is 74.4 Å². The van der Waals surface area contributed by atoms with Crippen LogP contribution in [0.5, 0.6) is 11.5 Å². The zero-order chi connectivity index (χ0) is 35.4. The smallest absolute Gasteiger partial charge is 0.227 e. The summed E-state index contributed by atoms with van der Waals surface area (Å²) in [7, 11) is 3.28. The Hall–Kier alpha value is -5.43. The quantitative estimate of drug-likeness (QED) is 0.142. The number of rotatable bonds is 6. The lowest BCUT2D eigenvalue weighted by Gasteiger charge is -2.30. The lowest BCUT2D eigenvalue weighted by molar-refractivity contribution is 0.122. The van der Waals surface area contributed by atoms with Crippen molar-refractivity contribution < 1.29 is 18.9 Å². The number of methoxy groups -OCH3 is 2. The number of anilines is 5. The fourth-order valence-corrected chi connectivity index (χ4v) is 5.81. The van der Waals surface area contributed by atoms with E-state index in [4.69, 9.17) is 36.3 Å². The van der Waals surface area contributed by atoms with Crippen LogP contribution in [-0.4, -0.2) is 86.8 Å². The predicted octanol–water partition coefficient (Wildman–Crippen LogP) is 6.62. The van der Waals surface area contributed by atoms with Gasteiger partial charge in [-0.3, -0.25) is 0 Å². The Morgan fingerprint density at radius 3 is 1.80 bits per heavy atom. The van der Waals surface area contributed by atoms with E-state index in [1.165, 1.54) is 0 Å². The Kier molecular flexibility index (Phi) is 12.1. The van der Waals surface area contributed by atoms with Gasteiger partial charge in [0.25, 0.3) is 0 Å². The van der Waals surface area contributed by atoms with Crippen LogP contribution < -0.4 is 30.3 Å². The van der Waals surface area contributed by atoms with E-state index in [1.54, 1.807) is 20.4 Å². The molecule has 12 nitrogen and oxygen atoms in total. The number of nitrogens with two attached hydrogens (primary N) is 1. The molecule has 4 aromatic carbocycles. The second-order valence-corrected chi connectivity index (χ2v) is 11.9. The van der Waals surface area contributed by atoms with Crippen LogP contribution in [0.3, 0.4) is 0 Å². The third kappa shape index (κ3) is 9.43. The number of nitrogens with zero attached hydrogens (tertiary/aromatic N) is 6. The first-order valence-corrected chi connectivity index (χ1v) is 17.0. The van der Waals surface area contributed by atoms with Crippen LogP contribution in [-0.2, 0) is 9.47 Å². The second-order valence-electron chi connectivity index (χ2n) is 11.6. The van der Waals surface area contributed by atoms with Gasteiger partial charge in [-0.15, -0.1) is 0 Å². The summed E-state index contributed by atoms with van der Waals surface area (Å²) in [5.74, 6) is 2.17. The van der Waals surface area contributed by atoms with Gasteiger partial charge in [0, 0.05) is 49.3 Å². The maximum Gasteiger partial charge on any atom is 0.227 e. The first-order chi connectivity index (χ1) is 25.0. The van der Waals surface area contributed by atoms with Gasteiger partial charge in [-0.25, -0.2) is 19.9 Å². The van der Waals surface area contributed by atoms with E-state index in [9.17, 15) is 0 Å². The van der Waals surface area contributed by atoms with Gasteiger partial charge < -0.3 is 39.8 Å². The number of nitrogens with one attached hydrogen (secondary N) is 1. The molecule has 8 rings (SSSR count). The standard InChI is InChI=1S/C19H20N4O2.C10H14N2O.C9H7ClN2O/c1-24-15-6-7-16-14(12-15)13-20-19(21-16)22-17-4-2-3-5-18(17)23-8-10-25-11-9-23;11-9-3-1-2-4-10(9)12-5-7-13-8-6-12;1-13-7-2-3-8-6(4-7)5-11-9(10)12-8/h2-7,12-13H,8-11H2,1H3,(H,20,21,22);1-4H,5-8,11H2;2-5H,1H3. The van der Waals surface area contributed by atoms with Gasteiger partial charge in [-0.1, -0.05) is 24.3 Å². The number of nitrogen functional groups attached to an aromatic ring is 1. The molecule has 2 aliphatic heterocycles. The molecule has 2 aromatic heterocycles. The van der Waals surface area contributed by atoms with Crippen molar-refractivity contribution in [2.45, 2.75) is 0 Å². The van der Waals surface area contributed by atoms with Crippen LogP contribution in [0.15, 0.2) is 97.3 Å². The molecule has 0 spiro atoms. The highest BCUT2D eigenvalue weighted by atomic mass is 35.5. The summed E-state index contributed by atoms with van der Waals surface area (Å²) in [4.78, 5) is 21.6. The molecule has 13 heteroatoms. The van der Waals surface area contributed by atoms with Gasteiger partial charge in [0.15, 0.2) is 0 Å². The van der Waals surface area contributed by atoms with Crippen LogP contribution in [0, 0.1) is 0 Å². The Balaban J connectivity index is 0.000000145. The largest absolute Gasteiger partial charge is 0.497 e. The van der Waals surface area contributed by atoms with Crippen molar-refractivity contribution in [3.05, 3.63) is 103 Å². The number of hydrogen-bond donors (Lipinski definition) is 2. The summed E-state index contributed by atoms with van der Waals surface area (Å²) >= 11 is 5.64. The van der Waals surface area contributed by atoms with Gasteiger partial charge >= 0.3 is 0 Å². The number of para-hydroxylation sites is 4. The van der Waals surface area contributed by atoms with E-state index in [0.29, 0.717) is 5.95 Å². The fourth-order valence-electron chi connectivity index (χ4n) is 5.67. The average Bonchev–Trinajstić information content (AvgIpc) is 3.19. The van der Waals surface area contributed by atoms with Crippen LogP contribution in [0.2, 0.25) is 5.28 Å². The van der Waals surface area contributed by atoms with Gasteiger partial charge in [0.2, 0.25) is 11.2 Å². The first-order valence-electron chi connectivity index (χ1n) is 16.6. The molecule has 51 heavy (non-hydrogen) atoms. The zero-order valence-corrected chi connectivity index (χ0v) is 29.4. The molecule has 6 aromatic rings. The highest BCUT2D eigenvalue weighted by Gasteiger charge is 2.15. The summed E-state index contributed by atoms with van der Waals surface area (Å²) in [5.41, 5.74) is 11.7. The first kappa shape index (κ1) is 35.4. The van der Waals surface area contributed by atoms with E-state index in [0.717, 1.165) is 109 Å². The minimum absolute atomic E-state index is 0.262. The van der Waals surface area contributed by atoms with Crippen molar-refractivity contribution in [3.8, 4) is 11.5 Å². The molecule has 0 unspecified atom stereocenters. The third-order valence-electron chi connectivity index (χ3n) is 8.34. The summed E-state index contributed by atoms with van der Waals surface area (Å²) < 4.78 is 21.0. The molecule has 0 saturated carbocycles. The number of aromatic nitrogens is 4. The molecule has 264 valence electrons. The molecular formula is C38H41ClN8O4. The molecule has 0 amide bonds. The summed E-state index contributed by atoms with van der Waals surface area (Å²) in [6.45, 7) is 6.75. The molecule has 2 aliphatic rings. The third-order valence-corrected chi connectivity index (χ3v) is 8.52. The second kappa shape index (κ2) is 17.5. The Morgan fingerprint density at radius 1 is 0.667 bits per heavy atom. The SMILES string of the molecule is COc1ccc2nc(Cl)ncc2c1.COc1ccc2nc(Nc3ccccc3N3CCOCC3)ncc2c1.Nc1ccccc1N1CCOCC1. The summed E-state index contributed by atoms with van der Waals surface area (Å²) in [6, 6.07) is 27.5. The number of hydrogen-bond acceptors (Lipinski definition) is 12. The minimum Gasteiger partial charge on any atom is -0.497 e. The Morgan fingerprint density at radius 2 is 1.20 bits per heavy atom. The Bertz CT molecular complexity index is 2040. The Labute approximate surface area is 302 Å². The maximum absolute atomic E-state index is 5.87. The molecule has 0 atom stereocenters. The molecule has 3 N–H and O–H groups in total. The van der Waals surface area contributed by atoms with Crippen molar-refractivity contribution >= 4 is 62.1 Å². The van der Waals surface area contributed by atoms with Crippen LogP contribution in [0.25, 0.3) is 21.8 Å². The molecular weight excluding hydrogens is 668 g/mol. The van der Waals surface area contributed by atoms with Crippen LogP contribution in [0.4, 0.5) is 28.7 Å². The lowest BCUT2D eigenvalue weighted by atomic mass is 10.2. The van der Waals surface area contributed by atoms with Crippen molar-refractivity contribution in [1.29, 1.82) is 0 Å². The number of ether oxygens (including phenoxy) is 4. The minimum atomic E-state index is 0.262. The highest BCUT2D eigenvalue weighted by Crippen LogP contribution is 2.29. The summed E-state index contributed by atoms with van der Waals surface area (Å²) in [5, 5.41) is 5.49. The van der Waals surface area contributed by atoms with Crippen LogP contribution in [0.1, 0.15) is 0 Å². The van der Waals surface area contributed by atoms with Gasteiger partial charge in [-0.2, -0.15) is 0 Å². The van der Waals surface area contributed by atoms with Crippen molar-refractivity contribution in [2.75, 3.05) is 87.7 Å². The number of halogens is 1. The van der Waals surface area contributed by atoms with E-state index < -0.39 is 0 Å². The van der Waals surface area contributed by atoms with Crippen molar-refractivity contribution in [2.24, 2.45) is 0 Å². The van der Waals surface area contributed by atoms with Gasteiger partial charge in [0.1, 0.15) is 11.5 Å². The predicted molar refractivity (Wildman–Crippen MR) is 204 cm³/mol. The average molecular weight is 709 g/mol. The molecule has 4 heterocycles. The number of fused-ring (bicyclic) bond motifs is 2. The molecule has 0 bridgehead atoms. The maximum atomic E-state index is 5.87. The van der Waals surface area contributed by atoms with Crippen molar-refractivity contribution in [3.63, 3.8) is 0 Å². The summed E-state index contributed by atoms with van der Waals surface area (Å²) in [6.07, 6.45) is 3.48. The number of morpholine rings is 2. The molecule has 0 radical (unpaired) electrons. The van der Waals surface area contributed by atoms with Crippen LogP contribution >= 0.6 is 11.6 Å². The van der Waals surface area contributed by atoms with E-state index >= 15 is 0 Å². The topological polar surface area (TPSA) is 133 Å². The van der Waals surface area contributed by atoms with E-state index in [2.05, 4.69) is 47.2 Å². The fraction of sp³-hybridized carbons (Fsp3) is 0.263. The van der Waals surface area contributed by atoms with E-state index in [1.807, 2.05) is 79.0 Å². The highest BCUT2D eigenvalue weighted by molar-refractivity contribution is 6.28. The molecule has 2 fully saturated rings. The van der Waals surface area contributed by atoms with Gasteiger partial charge in [-0.05, 0) is 72.3 Å². The molecule has 2 saturated heterocycles. The number of benzene rings is 4. The molecule has 0 aliphatic carbocycles. The zero-order valence-electron chi connectivity index (χ0n) is 28.7. The van der Waals surface area contributed by atoms with Crippen molar-refractivity contribution in [1.82, 2.24) is 19.9 Å². The normalized spacial score (nSPS) is 14.2. The lowest BCUT2D eigenvalue weighted by Crippen LogP contribution is -2.36.